The van der Waals surface area contributed by atoms with Crippen molar-refractivity contribution in [3.8, 4) is 0 Å². The standard InChI is InChI=1S/C32H52O7.C15H22O5.C5H10O2.C2H6/c1-21(2)26(33)37-25-17-24(38-32(34)18-23-12-9-14-29(32,8)28(23,6)7)19-35-31(25)20-36-30(39-31)15-10-11-22(13-16-30)27(3,4)5;1-11(2)13(16)19-12-6-5-9-17-15(12)10-18-14(20-15)7-3-4-8-14;6-5(7)3-1-2-4-5;1-2/h22-25,34H,1,9-20H2,2-8H3;12H,1,3-10H2,2H3;6-7H,1-4H2;1-2H3/t22?,23?,24-,25-,29?,30?,31-,32?;12-,15-;;/m00../s1. The largest absolute Gasteiger partial charge is 0.453 e. The Kier molecular flexibility index (Phi) is 17.3. The Morgan fingerprint density at radius 3 is 1.71 bits per heavy atom. The van der Waals surface area contributed by atoms with Gasteiger partial charge in [0.1, 0.15) is 13.2 Å². The third-order valence-corrected chi connectivity index (χ3v) is 17.3. The second kappa shape index (κ2) is 21.2. The van der Waals surface area contributed by atoms with E-state index in [-0.39, 0.29) is 29.5 Å². The zero-order valence-corrected chi connectivity index (χ0v) is 43.6. The smallest absolute Gasteiger partial charge is 0.333 e. The van der Waals surface area contributed by atoms with Gasteiger partial charge in [-0.25, -0.2) is 9.59 Å². The lowest BCUT2D eigenvalue weighted by Crippen LogP contribution is -2.60. The molecule has 3 N–H and O–H groups in total. The summed E-state index contributed by atoms with van der Waals surface area (Å²) in [5.41, 5.74) is 0.559. The number of rotatable bonds is 6. The molecule has 9 aliphatic rings. The second-order valence-corrected chi connectivity index (χ2v) is 23.4. The number of fused-ring (bicyclic) bond motifs is 2. The molecule has 5 saturated carbocycles. The highest BCUT2D eigenvalue weighted by molar-refractivity contribution is 5.87. The highest BCUT2D eigenvalue weighted by atomic mass is 16.9. The van der Waals surface area contributed by atoms with Gasteiger partial charge in [-0.3, -0.25) is 0 Å². The van der Waals surface area contributed by atoms with Crippen molar-refractivity contribution in [2.75, 3.05) is 26.4 Å². The first-order valence-corrected chi connectivity index (χ1v) is 26.3. The predicted octanol–water partition coefficient (Wildman–Crippen LogP) is 9.84. The molecule has 0 aromatic rings. The molecule has 9 fully saturated rings. The van der Waals surface area contributed by atoms with Gasteiger partial charge in [-0.2, -0.15) is 0 Å². The lowest BCUT2D eigenvalue weighted by atomic mass is 9.58. The number of carbonyl (C=O) groups excluding carboxylic acids is 2. The molecule has 4 saturated heterocycles. The zero-order chi connectivity index (χ0) is 50.0. The van der Waals surface area contributed by atoms with Crippen LogP contribution >= 0.6 is 0 Å². The predicted molar refractivity (Wildman–Crippen MR) is 255 cm³/mol. The van der Waals surface area contributed by atoms with Gasteiger partial charge >= 0.3 is 11.9 Å². The summed E-state index contributed by atoms with van der Waals surface area (Å²) in [5, 5.41) is 29.5. The van der Waals surface area contributed by atoms with E-state index in [1.54, 1.807) is 13.8 Å². The Bertz CT molecular complexity index is 1760. The van der Waals surface area contributed by atoms with Crippen LogP contribution in [0, 0.1) is 28.1 Å². The van der Waals surface area contributed by atoms with Gasteiger partial charge in [0.15, 0.2) is 35.4 Å². The van der Waals surface area contributed by atoms with Gasteiger partial charge < -0.3 is 58.0 Å². The molecule has 10 atom stereocenters. The molecule has 0 amide bonds. The van der Waals surface area contributed by atoms with Crippen LogP contribution in [0.1, 0.15) is 198 Å². The van der Waals surface area contributed by atoms with Crippen molar-refractivity contribution in [2.24, 2.45) is 28.1 Å². The highest BCUT2D eigenvalue weighted by Gasteiger charge is 2.69. The second-order valence-electron chi connectivity index (χ2n) is 23.4. The number of aliphatic hydroxyl groups is 3. The molecule has 5 aliphatic carbocycles. The molecule has 390 valence electrons. The van der Waals surface area contributed by atoms with Crippen LogP contribution in [0.15, 0.2) is 24.3 Å². The first-order chi connectivity index (χ1) is 31.8. The Labute approximate surface area is 407 Å². The molecule has 2 bridgehead atoms. The van der Waals surface area contributed by atoms with Crippen molar-refractivity contribution in [3.05, 3.63) is 24.3 Å². The molecular formula is C54H90O14. The minimum Gasteiger partial charge on any atom is -0.453 e. The fourth-order valence-corrected chi connectivity index (χ4v) is 12.5. The number of hydrogen-bond acceptors (Lipinski definition) is 14. The van der Waals surface area contributed by atoms with Crippen LogP contribution in [0.3, 0.4) is 0 Å². The Morgan fingerprint density at radius 1 is 0.632 bits per heavy atom. The van der Waals surface area contributed by atoms with E-state index in [9.17, 15) is 14.7 Å². The maximum absolute atomic E-state index is 12.8. The molecule has 14 heteroatoms. The average Bonchev–Trinajstić information content (AvgIpc) is 4.05. The summed E-state index contributed by atoms with van der Waals surface area (Å²) in [6.07, 6.45) is 15.9. The van der Waals surface area contributed by atoms with Crippen LogP contribution in [0.4, 0.5) is 0 Å². The van der Waals surface area contributed by atoms with Crippen LogP contribution in [-0.2, 0) is 52.2 Å². The summed E-state index contributed by atoms with van der Waals surface area (Å²) in [5.74, 6) is -5.80. The van der Waals surface area contributed by atoms with Crippen molar-refractivity contribution < 1.29 is 67.5 Å². The van der Waals surface area contributed by atoms with E-state index in [0.717, 1.165) is 103 Å². The van der Waals surface area contributed by atoms with E-state index >= 15 is 0 Å². The summed E-state index contributed by atoms with van der Waals surface area (Å²) in [7, 11) is 0. The van der Waals surface area contributed by atoms with E-state index in [0.29, 0.717) is 61.9 Å². The summed E-state index contributed by atoms with van der Waals surface area (Å²) in [4.78, 5) is 24.6. The molecule has 4 aliphatic heterocycles. The first-order valence-electron chi connectivity index (χ1n) is 26.3. The van der Waals surface area contributed by atoms with Crippen LogP contribution in [0.2, 0.25) is 0 Å². The van der Waals surface area contributed by atoms with Gasteiger partial charge in [0, 0.05) is 67.9 Å². The summed E-state index contributed by atoms with van der Waals surface area (Å²) in [6, 6.07) is 0. The maximum atomic E-state index is 12.8. The Hall–Kier alpha value is -1.98. The number of esters is 2. The molecule has 0 aromatic heterocycles. The number of carbonyl (C=O) groups is 2. The topological polar surface area (TPSA) is 178 Å². The monoisotopic (exact) mass is 963 g/mol. The zero-order valence-electron chi connectivity index (χ0n) is 43.6. The number of hydrogen-bond donors (Lipinski definition) is 3. The van der Waals surface area contributed by atoms with Gasteiger partial charge in [-0.1, -0.05) is 75.0 Å². The SMILES string of the molecule is C=C(C)C(=O)O[C@H]1CCCO[C@]12COC1(CCCC1)O2.C=C(C)C(=O)O[C@H]1C[C@H](OC2(O)CC3CCCC2(C)C3(C)C)CO[C@]12COC1(CCCC(C(C)(C)C)CC1)O2.CC.OC1(O)CCCC1. The fourth-order valence-electron chi connectivity index (χ4n) is 12.5. The minimum atomic E-state index is -1.31. The molecule has 0 aromatic carbocycles. The van der Waals surface area contributed by atoms with Gasteiger partial charge in [0.2, 0.25) is 11.6 Å². The molecule has 4 spiro atoms. The van der Waals surface area contributed by atoms with Crippen molar-refractivity contribution >= 4 is 11.9 Å². The Balaban J connectivity index is 0.000000216. The summed E-state index contributed by atoms with van der Waals surface area (Å²) >= 11 is 0. The first kappa shape index (κ1) is 55.3. The van der Waals surface area contributed by atoms with Gasteiger partial charge in [0.05, 0.1) is 19.3 Å². The molecule has 5 unspecified atom stereocenters. The quantitative estimate of drug-likeness (QED) is 0.130. The van der Waals surface area contributed by atoms with Gasteiger partial charge in [-0.15, -0.1) is 0 Å². The van der Waals surface area contributed by atoms with Crippen LogP contribution in [0.5, 0.6) is 0 Å². The van der Waals surface area contributed by atoms with E-state index in [1.807, 2.05) is 13.8 Å². The van der Waals surface area contributed by atoms with Crippen molar-refractivity contribution in [1.29, 1.82) is 0 Å². The van der Waals surface area contributed by atoms with Crippen LogP contribution in [-0.4, -0.2) is 107 Å². The fraction of sp³-hybridized carbons (Fsp3) is 0.889. The van der Waals surface area contributed by atoms with Gasteiger partial charge in [0.25, 0.3) is 0 Å². The van der Waals surface area contributed by atoms with Crippen molar-refractivity contribution in [2.45, 2.75) is 251 Å². The van der Waals surface area contributed by atoms with Crippen LogP contribution in [0.25, 0.3) is 0 Å². The minimum absolute atomic E-state index is 0.0260. The lowest BCUT2D eigenvalue weighted by molar-refractivity contribution is -0.356. The van der Waals surface area contributed by atoms with Crippen LogP contribution < -0.4 is 0 Å². The third kappa shape index (κ3) is 11.6. The molecule has 9 rings (SSSR count). The molecular weight excluding hydrogens is 873 g/mol. The summed E-state index contributed by atoms with van der Waals surface area (Å²) in [6.45, 7) is 29.7. The molecule has 4 heterocycles. The van der Waals surface area contributed by atoms with Crippen molar-refractivity contribution in [3.63, 3.8) is 0 Å². The third-order valence-electron chi connectivity index (χ3n) is 17.3. The lowest BCUT2D eigenvalue weighted by Gasteiger charge is -2.51. The molecule has 0 radical (unpaired) electrons. The van der Waals surface area contributed by atoms with Gasteiger partial charge in [-0.05, 0) is 107 Å². The van der Waals surface area contributed by atoms with Crippen molar-refractivity contribution in [1.82, 2.24) is 0 Å². The van der Waals surface area contributed by atoms with E-state index in [1.165, 1.54) is 0 Å². The Morgan fingerprint density at radius 2 is 1.16 bits per heavy atom. The summed E-state index contributed by atoms with van der Waals surface area (Å²) < 4.78 is 55.7. The maximum Gasteiger partial charge on any atom is 0.333 e. The average molecular weight is 963 g/mol. The molecule has 68 heavy (non-hydrogen) atoms. The number of ether oxygens (including phenoxy) is 9. The van der Waals surface area contributed by atoms with E-state index < -0.39 is 65.0 Å². The van der Waals surface area contributed by atoms with E-state index in [4.69, 9.17) is 52.8 Å². The normalized spacial score (nSPS) is 39.8. The molecule has 14 nitrogen and oxygen atoms in total. The highest BCUT2D eigenvalue weighted by Crippen LogP contribution is 2.68. The van der Waals surface area contributed by atoms with E-state index in [2.05, 4.69) is 54.7 Å².